The molecule has 1 aromatic rings. The zero-order valence-electron chi connectivity index (χ0n) is 12.3. The molecule has 0 bridgehead atoms. The molecule has 4 nitrogen and oxygen atoms in total. The Bertz CT molecular complexity index is 503. The van der Waals surface area contributed by atoms with Crippen LogP contribution in [0.1, 0.15) is 36.3 Å². The fourth-order valence-electron chi connectivity index (χ4n) is 3.71. The molecule has 1 amide bonds. The fourth-order valence-corrected chi connectivity index (χ4v) is 3.71. The third-order valence-corrected chi connectivity index (χ3v) is 5.00. The Balaban J connectivity index is 1.61. The van der Waals surface area contributed by atoms with Crippen molar-refractivity contribution in [2.75, 3.05) is 19.7 Å². The molecule has 3 unspecified atom stereocenters. The van der Waals surface area contributed by atoms with E-state index in [0.29, 0.717) is 24.9 Å². The smallest absolute Gasteiger partial charge is 0.228 e. The maximum atomic E-state index is 12.5. The van der Waals surface area contributed by atoms with Gasteiger partial charge in [0, 0.05) is 26.2 Å². The topological polar surface area (TPSA) is 61.4 Å². The Morgan fingerprint density at radius 3 is 2.95 bits per heavy atom. The summed E-state index contributed by atoms with van der Waals surface area (Å²) in [6, 6.07) is 8.17. The lowest BCUT2D eigenvalue weighted by Gasteiger charge is -2.26. The first-order valence-corrected chi connectivity index (χ1v) is 7.96. The van der Waals surface area contributed by atoms with Crippen LogP contribution in [0, 0.1) is 11.8 Å². The lowest BCUT2D eigenvalue weighted by molar-refractivity contribution is -0.122. The highest BCUT2D eigenvalue weighted by atomic mass is 16.3. The van der Waals surface area contributed by atoms with Crippen molar-refractivity contribution in [1.82, 2.24) is 10.6 Å². The van der Waals surface area contributed by atoms with E-state index in [1.807, 2.05) is 12.1 Å². The highest BCUT2D eigenvalue weighted by Gasteiger charge is 2.29. The monoisotopic (exact) mass is 288 g/mol. The maximum absolute atomic E-state index is 12.5. The molecule has 1 aliphatic carbocycles. The normalized spacial score (nSPS) is 28.1. The molecule has 1 fully saturated rings. The number of aliphatic hydroxyl groups is 1. The second-order valence-corrected chi connectivity index (χ2v) is 6.26. The van der Waals surface area contributed by atoms with Gasteiger partial charge in [-0.1, -0.05) is 30.7 Å². The quantitative estimate of drug-likeness (QED) is 0.785. The van der Waals surface area contributed by atoms with Crippen molar-refractivity contribution < 1.29 is 9.90 Å². The van der Waals surface area contributed by atoms with E-state index < -0.39 is 0 Å². The molecule has 1 heterocycles. The molecular formula is C17H24N2O2. The molecule has 114 valence electrons. The van der Waals surface area contributed by atoms with Crippen LogP contribution in [0.5, 0.6) is 0 Å². The first-order valence-electron chi connectivity index (χ1n) is 7.96. The number of fused-ring (bicyclic) bond motifs is 1. The minimum Gasteiger partial charge on any atom is -0.396 e. The Hall–Kier alpha value is -1.39. The second kappa shape index (κ2) is 6.58. The first kappa shape index (κ1) is 14.5. The summed E-state index contributed by atoms with van der Waals surface area (Å²) in [6.07, 6.45) is 3.37. The molecule has 4 heteroatoms. The average Bonchev–Trinajstić information content (AvgIpc) is 2.99. The van der Waals surface area contributed by atoms with Gasteiger partial charge in [-0.2, -0.15) is 0 Å². The van der Waals surface area contributed by atoms with Crippen LogP contribution in [0.4, 0.5) is 0 Å². The van der Waals surface area contributed by atoms with Crippen LogP contribution >= 0.6 is 0 Å². The molecule has 21 heavy (non-hydrogen) atoms. The maximum Gasteiger partial charge on any atom is 0.228 e. The Morgan fingerprint density at radius 2 is 2.10 bits per heavy atom. The van der Waals surface area contributed by atoms with Crippen molar-refractivity contribution in [3.63, 3.8) is 0 Å². The Kier molecular flexibility index (Phi) is 4.56. The van der Waals surface area contributed by atoms with Crippen LogP contribution in [-0.2, 0) is 11.3 Å². The summed E-state index contributed by atoms with van der Waals surface area (Å²) < 4.78 is 0. The lowest BCUT2D eigenvalue weighted by atomic mass is 9.90. The highest BCUT2D eigenvalue weighted by molar-refractivity contribution is 5.84. The molecule has 1 aliphatic heterocycles. The largest absolute Gasteiger partial charge is 0.396 e. The fraction of sp³-hybridized carbons (Fsp3) is 0.588. The number of carbonyl (C=O) groups excluding carboxylic acids is 1. The SMILES string of the molecule is O=C(NCC1CCCC1CO)C1CNCc2ccccc21. The van der Waals surface area contributed by atoms with E-state index in [1.54, 1.807) is 0 Å². The Labute approximate surface area is 125 Å². The summed E-state index contributed by atoms with van der Waals surface area (Å²) in [5.74, 6) is 0.815. The number of amides is 1. The molecule has 2 aliphatic rings. The third kappa shape index (κ3) is 3.11. The summed E-state index contributed by atoms with van der Waals surface area (Å²) in [6.45, 7) is 2.49. The van der Waals surface area contributed by atoms with Crippen LogP contribution in [-0.4, -0.2) is 30.7 Å². The molecule has 3 rings (SSSR count). The van der Waals surface area contributed by atoms with E-state index >= 15 is 0 Å². The van der Waals surface area contributed by atoms with Crippen molar-refractivity contribution in [2.24, 2.45) is 11.8 Å². The van der Waals surface area contributed by atoms with Gasteiger partial charge in [0.05, 0.1) is 5.92 Å². The van der Waals surface area contributed by atoms with Crippen molar-refractivity contribution in [1.29, 1.82) is 0 Å². The predicted octanol–water partition coefficient (Wildman–Crippen LogP) is 1.40. The number of hydrogen-bond donors (Lipinski definition) is 3. The van der Waals surface area contributed by atoms with Crippen LogP contribution in [0.2, 0.25) is 0 Å². The minimum atomic E-state index is -0.0936. The van der Waals surface area contributed by atoms with Gasteiger partial charge in [-0.15, -0.1) is 0 Å². The van der Waals surface area contributed by atoms with Crippen LogP contribution < -0.4 is 10.6 Å². The molecule has 1 saturated carbocycles. The molecular weight excluding hydrogens is 264 g/mol. The molecule has 0 spiro atoms. The lowest BCUT2D eigenvalue weighted by Crippen LogP contribution is -2.41. The average molecular weight is 288 g/mol. The van der Waals surface area contributed by atoms with Gasteiger partial charge in [0.15, 0.2) is 0 Å². The molecule has 1 aromatic carbocycles. The standard InChI is InChI=1S/C17H24N2O2/c20-11-14-6-3-5-12(14)9-19-17(21)16-10-18-8-13-4-1-2-7-15(13)16/h1-2,4,7,12,14,16,18,20H,3,5-6,8-11H2,(H,19,21). The van der Waals surface area contributed by atoms with E-state index in [-0.39, 0.29) is 18.4 Å². The van der Waals surface area contributed by atoms with Crippen molar-refractivity contribution in [3.05, 3.63) is 35.4 Å². The van der Waals surface area contributed by atoms with Gasteiger partial charge < -0.3 is 15.7 Å². The van der Waals surface area contributed by atoms with E-state index in [4.69, 9.17) is 0 Å². The molecule has 0 saturated heterocycles. The number of nitrogens with one attached hydrogen (secondary N) is 2. The number of carbonyl (C=O) groups is 1. The zero-order chi connectivity index (χ0) is 14.7. The van der Waals surface area contributed by atoms with E-state index in [0.717, 1.165) is 24.9 Å². The van der Waals surface area contributed by atoms with Gasteiger partial charge in [0.25, 0.3) is 0 Å². The summed E-state index contributed by atoms with van der Waals surface area (Å²) >= 11 is 0. The van der Waals surface area contributed by atoms with Gasteiger partial charge in [-0.05, 0) is 35.8 Å². The second-order valence-electron chi connectivity index (χ2n) is 6.26. The molecule has 0 radical (unpaired) electrons. The van der Waals surface area contributed by atoms with Gasteiger partial charge in [-0.25, -0.2) is 0 Å². The van der Waals surface area contributed by atoms with Gasteiger partial charge >= 0.3 is 0 Å². The number of aliphatic hydroxyl groups excluding tert-OH is 1. The Morgan fingerprint density at radius 1 is 1.29 bits per heavy atom. The van der Waals surface area contributed by atoms with Crippen LogP contribution in [0.3, 0.4) is 0 Å². The zero-order valence-corrected chi connectivity index (χ0v) is 12.3. The minimum absolute atomic E-state index is 0.0936. The van der Waals surface area contributed by atoms with Gasteiger partial charge in [-0.3, -0.25) is 4.79 Å². The number of rotatable bonds is 4. The summed E-state index contributed by atoms with van der Waals surface area (Å²) in [7, 11) is 0. The summed E-state index contributed by atoms with van der Waals surface area (Å²) in [5.41, 5.74) is 2.37. The van der Waals surface area contributed by atoms with E-state index in [2.05, 4.69) is 22.8 Å². The highest BCUT2D eigenvalue weighted by Crippen LogP contribution is 2.31. The van der Waals surface area contributed by atoms with Gasteiger partial charge in [0.1, 0.15) is 0 Å². The van der Waals surface area contributed by atoms with Crippen molar-refractivity contribution in [2.45, 2.75) is 31.7 Å². The molecule has 3 N–H and O–H groups in total. The number of hydrogen-bond acceptors (Lipinski definition) is 3. The summed E-state index contributed by atoms with van der Waals surface area (Å²) in [4.78, 5) is 12.5. The van der Waals surface area contributed by atoms with Gasteiger partial charge in [0.2, 0.25) is 5.91 Å². The summed E-state index contributed by atoms with van der Waals surface area (Å²) in [5, 5.41) is 15.8. The number of benzene rings is 1. The molecule has 3 atom stereocenters. The first-order chi connectivity index (χ1) is 10.3. The molecule has 0 aromatic heterocycles. The van der Waals surface area contributed by atoms with E-state index in [1.165, 1.54) is 12.0 Å². The van der Waals surface area contributed by atoms with Crippen LogP contribution in [0.15, 0.2) is 24.3 Å². The van der Waals surface area contributed by atoms with E-state index in [9.17, 15) is 9.90 Å². The van der Waals surface area contributed by atoms with Crippen molar-refractivity contribution in [3.8, 4) is 0 Å². The third-order valence-electron chi connectivity index (χ3n) is 5.00. The van der Waals surface area contributed by atoms with Crippen molar-refractivity contribution >= 4 is 5.91 Å². The predicted molar refractivity (Wildman–Crippen MR) is 81.8 cm³/mol. The van der Waals surface area contributed by atoms with Crippen LogP contribution in [0.25, 0.3) is 0 Å².